The van der Waals surface area contributed by atoms with Crippen LogP contribution in [0.3, 0.4) is 0 Å². The molecule has 2 aromatic carbocycles. The Hall–Kier alpha value is -3.29. The van der Waals surface area contributed by atoms with Crippen molar-refractivity contribution in [2.75, 3.05) is 13.7 Å². The lowest BCUT2D eigenvalue weighted by molar-refractivity contribution is -0.137. The van der Waals surface area contributed by atoms with Crippen LogP contribution in [-0.2, 0) is 11.6 Å². The van der Waals surface area contributed by atoms with E-state index in [4.69, 9.17) is 4.74 Å². The van der Waals surface area contributed by atoms with Crippen LogP contribution in [-0.4, -0.2) is 29.3 Å². The van der Waals surface area contributed by atoms with Crippen molar-refractivity contribution in [1.29, 1.82) is 0 Å². The molecule has 0 saturated heterocycles. The maximum Gasteiger partial charge on any atom is 0.416 e. The highest BCUT2D eigenvalue weighted by Gasteiger charge is 2.32. The van der Waals surface area contributed by atoms with Gasteiger partial charge in [-0.05, 0) is 23.8 Å². The quantitative estimate of drug-likeness (QED) is 0.637. The van der Waals surface area contributed by atoms with E-state index >= 15 is 0 Å². The number of para-hydroxylation sites is 1. The van der Waals surface area contributed by atoms with Crippen molar-refractivity contribution in [1.82, 2.24) is 15.1 Å². The monoisotopic (exact) mass is 417 g/mol. The SMILES string of the molecule is COc1cn(-c2ccccc2)nc1C(=O)NCC(C)(C)c1cccc(C(F)(F)F)c1. The molecule has 1 aromatic heterocycles. The van der Waals surface area contributed by atoms with Crippen molar-refractivity contribution in [3.05, 3.63) is 77.6 Å². The predicted molar refractivity (Wildman–Crippen MR) is 107 cm³/mol. The molecule has 0 aliphatic heterocycles. The minimum Gasteiger partial charge on any atom is -0.493 e. The number of amides is 1. The van der Waals surface area contributed by atoms with Crippen molar-refractivity contribution < 1.29 is 22.7 Å². The Balaban J connectivity index is 1.77. The van der Waals surface area contributed by atoms with Crippen molar-refractivity contribution in [2.24, 2.45) is 0 Å². The van der Waals surface area contributed by atoms with E-state index in [0.717, 1.165) is 17.8 Å². The number of carbonyl (C=O) groups excluding carboxylic acids is 1. The molecule has 1 N–H and O–H groups in total. The number of hydrogen-bond acceptors (Lipinski definition) is 3. The number of nitrogens with one attached hydrogen (secondary N) is 1. The van der Waals surface area contributed by atoms with Crippen LogP contribution in [0.5, 0.6) is 5.75 Å². The number of alkyl halides is 3. The first-order valence-corrected chi connectivity index (χ1v) is 9.27. The smallest absolute Gasteiger partial charge is 0.416 e. The van der Waals surface area contributed by atoms with Crippen LogP contribution in [0.25, 0.3) is 5.69 Å². The second-order valence-corrected chi connectivity index (χ2v) is 7.47. The van der Waals surface area contributed by atoms with Gasteiger partial charge < -0.3 is 10.1 Å². The molecule has 5 nitrogen and oxygen atoms in total. The topological polar surface area (TPSA) is 56.2 Å². The summed E-state index contributed by atoms with van der Waals surface area (Å²) in [6, 6.07) is 14.4. The fraction of sp³-hybridized carbons (Fsp3) is 0.273. The molecule has 0 bridgehead atoms. The van der Waals surface area contributed by atoms with Gasteiger partial charge in [-0.2, -0.15) is 18.3 Å². The van der Waals surface area contributed by atoms with E-state index in [2.05, 4.69) is 10.4 Å². The summed E-state index contributed by atoms with van der Waals surface area (Å²) in [5, 5.41) is 7.06. The van der Waals surface area contributed by atoms with Crippen LogP contribution < -0.4 is 10.1 Å². The number of halogens is 3. The van der Waals surface area contributed by atoms with E-state index in [9.17, 15) is 18.0 Å². The molecular weight excluding hydrogens is 395 g/mol. The lowest BCUT2D eigenvalue weighted by Crippen LogP contribution is -2.37. The average molecular weight is 417 g/mol. The molecule has 3 rings (SSSR count). The maximum absolute atomic E-state index is 13.0. The highest BCUT2D eigenvalue weighted by Crippen LogP contribution is 2.32. The number of rotatable bonds is 6. The predicted octanol–water partition coefficient (Wildman–Crippen LogP) is 4.61. The first kappa shape index (κ1) is 21.4. The fourth-order valence-corrected chi connectivity index (χ4v) is 2.98. The third-order valence-electron chi connectivity index (χ3n) is 4.80. The Bertz CT molecular complexity index is 1030. The van der Waals surface area contributed by atoms with Crippen molar-refractivity contribution >= 4 is 5.91 Å². The molecule has 3 aromatic rings. The molecule has 0 fully saturated rings. The van der Waals surface area contributed by atoms with E-state index in [0.29, 0.717) is 11.3 Å². The Morgan fingerprint density at radius 2 is 1.73 bits per heavy atom. The minimum atomic E-state index is -4.42. The Labute approximate surface area is 172 Å². The number of ether oxygens (including phenoxy) is 1. The van der Waals surface area contributed by atoms with E-state index in [-0.39, 0.29) is 12.2 Å². The number of hydrogen-bond donors (Lipinski definition) is 1. The van der Waals surface area contributed by atoms with Gasteiger partial charge in [-0.3, -0.25) is 4.79 Å². The standard InChI is InChI=1S/C22H22F3N3O2/c1-21(2,15-8-7-9-16(12-15)22(23,24)25)14-26-20(29)19-18(30-3)13-28(27-19)17-10-5-4-6-11-17/h4-13H,14H2,1-3H3,(H,26,29). The number of nitrogens with zero attached hydrogens (tertiary/aromatic N) is 2. The van der Waals surface area contributed by atoms with Gasteiger partial charge in [0.15, 0.2) is 11.4 Å². The zero-order valence-corrected chi connectivity index (χ0v) is 16.8. The summed E-state index contributed by atoms with van der Waals surface area (Å²) < 4.78 is 45.9. The van der Waals surface area contributed by atoms with Crippen LogP contribution in [0.1, 0.15) is 35.5 Å². The summed E-state index contributed by atoms with van der Waals surface area (Å²) in [5.74, 6) is -0.171. The van der Waals surface area contributed by atoms with Crippen molar-refractivity contribution in [2.45, 2.75) is 25.4 Å². The van der Waals surface area contributed by atoms with E-state index < -0.39 is 23.1 Å². The molecule has 1 amide bonds. The Kier molecular flexibility index (Phi) is 5.87. The molecule has 0 radical (unpaired) electrons. The third kappa shape index (κ3) is 4.64. The van der Waals surface area contributed by atoms with Crippen LogP contribution in [0.2, 0.25) is 0 Å². The molecule has 8 heteroatoms. The second-order valence-electron chi connectivity index (χ2n) is 7.47. The highest BCUT2D eigenvalue weighted by molar-refractivity contribution is 5.95. The molecule has 0 aliphatic rings. The summed E-state index contributed by atoms with van der Waals surface area (Å²) in [7, 11) is 1.44. The molecule has 0 aliphatic carbocycles. The molecular formula is C22H22F3N3O2. The van der Waals surface area contributed by atoms with Gasteiger partial charge in [0.05, 0.1) is 24.6 Å². The Morgan fingerprint density at radius 3 is 2.37 bits per heavy atom. The summed E-state index contributed by atoms with van der Waals surface area (Å²) in [6.45, 7) is 3.65. The first-order chi connectivity index (χ1) is 14.1. The minimum absolute atomic E-state index is 0.0983. The van der Waals surface area contributed by atoms with Crippen LogP contribution >= 0.6 is 0 Å². The van der Waals surface area contributed by atoms with E-state index in [1.165, 1.54) is 17.9 Å². The molecule has 0 saturated carbocycles. The lowest BCUT2D eigenvalue weighted by atomic mass is 9.83. The van der Waals surface area contributed by atoms with Gasteiger partial charge in [-0.25, -0.2) is 4.68 Å². The van der Waals surface area contributed by atoms with E-state index in [1.54, 1.807) is 26.1 Å². The molecule has 0 unspecified atom stereocenters. The first-order valence-electron chi connectivity index (χ1n) is 9.27. The van der Waals surface area contributed by atoms with Crippen molar-refractivity contribution in [3.63, 3.8) is 0 Å². The number of carbonyl (C=O) groups is 1. The molecule has 0 spiro atoms. The van der Waals surface area contributed by atoms with Gasteiger partial charge in [0.1, 0.15) is 0 Å². The average Bonchev–Trinajstić information content (AvgIpc) is 3.17. The van der Waals surface area contributed by atoms with E-state index in [1.807, 2.05) is 30.3 Å². The number of benzene rings is 2. The summed E-state index contributed by atoms with van der Waals surface area (Å²) >= 11 is 0. The normalized spacial score (nSPS) is 11.9. The zero-order valence-electron chi connectivity index (χ0n) is 16.8. The van der Waals surface area contributed by atoms with Gasteiger partial charge >= 0.3 is 6.18 Å². The lowest BCUT2D eigenvalue weighted by Gasteiger charge is -2.26. The number of methoxy groups -OCH3 is 1. The molecule has 158 valence electrons. The Morgan fingerprint density at radius 1 is 1.07 bits per heavy atom. The summed E-state index contributed by atoms with van der Waals surface area (Å²) in [5.41, 5.74) is -0.117. The van der Waals surface area contributed by atoms with Gasteiger partial charge in [0, 0.05) is 12.0 Å². The zero-order chi connectivity index (χ0) is 21.9. The molecule has 30 heavy (non-hydrogen) atoms. The van der Waals surface area contributed by atoms with Gasteiger partial charge in [-0.15, -0.1) is 0 Å². The third-order valence-corrected chi connectivity index (χ3v) is 4.80. The van der Waals surface area contributed by atoms with Gasteiger partial charge in [-0.1, -0.05) is 50.2 Å². The van der Waals surface area contributed by atoms with Crippen LogP contribution in [0.4, 0.5) is 13.2 Å². The van der Waals surface area contributed by atoms with Gasteiger partial charge in [0.25, 0.3) is 5.91 Å². The van der Waals surface area contributed by atoms with Gasteiger partial charge in [0.2, 0.25) is 0 Å². The highest BCUT2D eigenvalue weighted by atomic mass is 19.4. The largest absolute Gasteiger partial charge is 0.493 e. The van der Waals surface area contributed by atoms with Crippen LogP contribution in [0, 0.1) is 0 Å². The fourth-order valence-electron chi connectivity index (χ4n) is 2.98. The molecule has 1 heterocycles. The second kappa shape index (κ2) is 8.22. The van der Waals surface area contributed by atoms with Crippen LogP contribution in [0.15, 0.2) is 60.8 Å². The summed E-state index contributed by atoms with van der Waals surface area (Å²) in [6.07, 6.45) is -2.82. The summed E-state index contributed by atoms with van der Waals surface area (Å²) in [4.78, 5) is 12.7. The van der Waals surface area contributed by atoms with Crippen molar-refractivity contribution in [3.8, 4) is 11.4 Å². The number of aromatic nitrogens is 2. The molecule has 0 atom stereocenters. The maximum atomic E-state index is 13.0.